The average Bonchev–Trinajstić information content (AvgIpc) is 2.78. The van der Waals surface area contributed by atoms with Crippen LogP contribution in [0.15, 0.2) is 0 Å². The van der Waals surface area contributed by atoms with E-state index in [0.29, 0.717) is 13.0 Å². The lowest BCUT2D eigenvalue weighted by atomic mass is 10.0. The average molecular weight is 523 g/mol. The summed E-state index contributed by atoms with van der Waals surface area (Å²) in [5.41, 5.74) is 0. The molecule has 0 fully saturated rings. The molecule has 0 amide bonds. The molecule has 0 heterocycles. The third-order valence-electron chi connectivity index (χ3n) is 7.03. The second kappa shape index (κ2) is 24.0. The van der Waals surface area contributed by atoms with E-state index in [4.69, 9.17) is 4.74 Å². The molecule has 0 spiro atoms. The molecule has 1 unspecified atom stereocenters. The van der Waals surface area contributed by atoms with Gasteiger partial charge >= 0.3 is 5.97 Å². The summed E-state index contributed by atoms with van der Waals surface area (Å²) in [4.78, 5) is 11.9. The zero-order valence-electron chi connectivity index (χ0n) is 22.0. The maximum atomic E-state index is 11.9. The maximum Gasteiger partial charge on any atom is 0.305 e. The van der Waals surface area contributed by atoms with Crippen molar-refractivity contribution in [3.63, 3.8) is 0 Å². The number of likely N-dealkylation sites (N-methyl/N-ethyl adjacent to an activating group) is 1. The van der Waals surface area contributed by atoms with Gasteiger partial charge in [-0.05, 0) is 27.2 Å². The highest BCUT2D eigenvalue weighted by atomic mass is 79.9. The third kappa shape index (κ3) is 19.3. The largest absolute Gasteiger partial charge is 1.00 e. The van der Waals surface area contributed by atoms with Crippen molar-refractivity contribution < 1.29 is 36.1 Å². The molecule has 0 aromatic rings. The topological polar surface area (TPSA) is 46.5 Å². The fourth-order valence-electron chi connectivity index (χ4n) is 4.46. The lowest BCUT2D eigenvalue weighted by Crippen LogP contribution is -3.00. The zero-order valence-corrected chi connectivity index (χ0v) is 23.6. The van der Waals surface area contributed by atoms with E-state index in [-0.39, 0.29) is 29.6 Å². The van der Waals surface area contributed by atoms with Crippen molar-refractivity contribution in [2.24, 2.45) is 0 Å². The van der Waals surface area contributed by atoms with Crippen LogP contribution in [0.1, 0.15) is 130 Å². The minimum Gasteiger partial charge on any atom is -1.00 e. The molecule has 1 atom stereocenters. The molecule has 0 rings (SSSR count). The standard InChI is InChI=1S/C27H56NO3.BrH/c1-5-9-10-11-12-13-14-15-16-17-18-19-20-21-22-23-27(30)31-25-26(29)24-28(6-2,7-3)8-4;/h26,29H,5-25H2,1-4H3;1H/q+1;/p-1. The molecule has 5 heteroatoms. The number of nitrogens with zero attached hydrogens (tertiary/aromatic N) is 1. The summed E-state index contributed by atoms with van der Waals surface area (Å²) >= 11 is 0. The molecule has 0 aromatic heterocycles. The van der Waals surface area contributed by atoms with Gasteiger partial charge in [0.05, 0.1) is 19.6 Å². The number of aliphatic hydroxyl groups is 1. The van der Waals surface area contributed by atoms with Crippen LogP contribution in [-0.4, -0.2) is 54.4 Å². The molecule has 0 bridgehead atoms. The first-order valence-corrected chi connectivity index (χ1v) is 13.7. The molecule has 194 valence electrons. The van der Waals surface area contributed by atoms with Crippen LogP contribution in [0.3, 0.4) is 0 Å². The van der Waals surface area contributed by atoms with Gasteiger partial charge < -0.3 is 31.3 Å². The zero-order chi connectivity index (χ0) is 23.2. The summed E-state index contributed by atoms with van der Waals surface area (Å²) in [5.74, 6) is -0.156. The highest BCUT2D eigenvalue weighted by molar-refractivity contribution is 5.69. The van der Waals surface area contributed by atoms with Crippen LogP contribution in [0.2, 0.25) is 0 Å². The van der Waals surface area contributed by atoms with Crippen molar-refractivity contribution in [2.45, 2.75) is 137 Å². The molecule has 0 saturated heterocycles. The summed E-state index contributed by atoms with van der Waals surface area (Å²) in [6.07, 6.45) is 19.8. The summed E-state index contributed by atoms with van der Waals surface area (Å²) in [7, 11) is 0. The van der Waals surface area contributed by atoms with Crippen LogP contribution in [0.5, 0.6) is 0 Å². The smallest absolute Gasteiger partial charge is 0.305 e. The Morgan fingerprint density at radius 3 is 1.44 bits per heavy atom. The van der Waals surface area contributed by atoms with Gasteiger partial charge in [-0.3, -0.25) is 4.79 Å². The van der Waals surface area contributed by atoms with E-state index in [1.54, 1.807) is 0 Å². The van der Waals surface area contributed by atoms with Crippen molar-refractivity contribution in [1.29, 1.82) is 0 Å². The van der Waals surface area contributed by atoms with Crippen LogP contribution in [-0.2, 0) is 9.53 Å². The Kier molecular flexibility index (Phi) is 25.5. The number of unbranched alkanes of at least 4 members (excludes halogenated alkanes) is 14. The number of carbonyl (C=O) groups excluding carboxylic acids is 1. The Labute approximate surface area is 211 Å². The Morgan fingerprint density at radius 1 is 0.688 bits per heavy atom. The first-order valence-electron chi connectivity index (χ1n) is 13.7. The maximum absolute atomic E-state index is 11.9. The van der Waals surface area contributed by atoms with E-state index in [1.165, 1.54) is 83.5 Å². The molecular formula is C27H56BrNO3. The quantitative estimate of drug-likeness (QED) is 0.125. The van der Waals surface area contributed by atoms with Crippen LogP contribution < -0.4 is 17.0 Å². The first kappa shape index (κ1) is 34.0. The minimum absolute atomic E-state index is 0. The molecule has 0 radical (unpaired) electrons. The fourth-order valence-corrected chi connectivity index (χ4v) is 4.46. The normalized spacial score (nSPS) is 12.4. The number of carbonyl (C=O) groups is 1. The van der Waals surface area contributed by atoms with Crippen molar-refractivity contribution in [3.8, 4) is 0 Å². The van der Waals surface area contributed by atoms with E-state index in [2.05, 4.69) is 27.7 Å². The Balaban J connectivity index is 0. The van der Waals surface area contributed by atoms with Crippen LogP contribution in [0, 0.1) is 0 Å². The highest BCUT2D eigenvalue weighted by Crippen LogP contribution is 2.14. The van der Waals surface area contributed by atoms with Gasteiger partial charge in [0.2, 0.25) is 0 Å². The van der Waals surface area contributed by atoms with Gasteiger partial charge in [0.15, 0.2) is 0 Å². The van der Waals surface area contributed by atoms with Gasteiger partial charge in [0, 0.05) is 6.42 Å². The monoisotopic (exact) mass is 521 g/mol. The molecule has 0 aliphatic heterocycles. The number of hydrogen-bond acceptors (Lipinski definition) is 3. The third-order valence-corrected chi connectivity index (χ3v) is 7.03. The summed E-state index contributed by atoms with van der Waals surface area (Å²) in [6.45, 7) is 12.5. The summed E-state index contributed by atoms with van der Waals surface area (Å²) < 4.78 is 6.18. The van der Waals surface area contributed by atoms with Crippen LogP contribution in [0.4, 0.5) is 0 Å². The molecule has 32 heavy (non-hydrogen) atoms. The number of ether oxygens (including phenoxy) is 1. The van der Waals surface area contributed by atoms with Gasteiger partial charge in [-0.15, -0.1) is 0 Å². The van der Waals surface area contributed by atoms with Crippen molar-refractivity contribution >= 4 is 5.97 Å². The number of hydrogen-bond donors (Lipinski definition) is 1. The lowest BCUT2D eigenvalue weighted by molar-refractivity contribution is -0.926. The van der Waals surface area contributed by atoms with E-state index in [9.17, 15) is 9.90 Å². The summed E-state index contributed by atoms with van der Waals surface area (Å²) in [5, 5.41) is 10.2. The van der Waals surface area contributed by atoms with Crippen LogP contribution >= 0.6 is 0 Å². The van der Waals surface area contributed by atoms with Crippen LogP contribution in [0.25, 0.3) is 0 Å². The van der Waals surface area contributed by atoms with E-state index < -0.39 is 6.10 Å². The Morgan fingerprint density at radius 2 is 1.06 bits per heavy atom. The van der Waals surface area contributed by atoms with Gasteiger partial charge in [-0.2, -0.15) is 0 Å². The molecule has 0 aliphatic carbocycles. The van der Waals surface area contributed by atoms with Gasteiger partial charge in [0.1, 0.15) is 19.3 Å². The molecule has 1 N–H and O–H groups in total. The highest BCUT2D eigenvalue weighted by Gasteiger charge is 2.25. The number of esters is 1. The lowest BCUT2D eigenvalue weighted by Gasteiger charge is -2.37. The number of halogens is 1. The molecule has 0 aliphatic rings. The van der Waals surface area contributed by atoms with Crippen molar-refractivity contribution in [2.75, 3.05) is 32.8 Å². The second-order valence-corrected chi connectivity index (χ2v) is 9.51. The first-order chi connectivity index (χ1) is 15.0. The molecule has 4 nitrogen and oxygen atoms in total. The minimum atomic E-state index is -0.565. The number of quaternary nitrogens is 1. The van der Waals surface area contributed by atoms with E-state index in [1.807, 2.05) is 0 Å². The number of aliphatic hydroxyl groups excluding tert-OH is 1. The number of rotatable bonds is 23. The van der Waals surface area contributed by atoms with Crippen molar-refractivity contribution in [3.05, 3.63) is 0 Å². The van der Waals surface area contributed by atoms with E-state index >= 15 is 0 Å². The van der Waals surface area contributed by atoms with Gasteiger partial charge in [0.25, 0.3) is 0 Å². The molecule has 0 aromatic carbocycles. The fraction of sp³-hybridized carbons (Fsp3) is 0.963. The molecular weight excluding hydrogens is 466 g/mol. The van der Waals surface area contributed by atoms with E-state index in [0.717, 1.165) is 37.0 Å². The SMILES string of the molecule is CCCCCCCCCCCCCCCCCC(=O)OCC(O)C[N+](CC)(CC)CC.[Br-]. The van der Waals surface area contributed by atoms with Gasteiger partial charge in [-0.1, -0.05) is 96.8 Å². The predicted molar refractivity (Wildman–Crippen MR) is 133 cm³/mol. The predicted octanol–water partition coefficient (Wildman–Crippen LogP) is 4.03. The Hall–Kier alpha value is -0.130. The van der Waals surface area contributed by atoms with Crippen molar-refractivity contribution in [1.82, 2.24) is 0 Å². The summed E-state index contributed by atoms with van der Waals surface area (Å²) in [6, 6.07) is 0. The van der Waals surface area contributed by atoms with Gasteiger partial charge in [-0.25, -0.2) is 0 Å². The Bertz CT molecular complexity index is 394. The second-order valence-electron chi connectivity index (χ2n) is 9.51. The molecule has 0 saturated carbocycles.